The van der Waals surface area contributed by atoms with Crippen molar-refractivity contribution in [2.24, 2.45) is 0 Å². The van der Waals surface area contributed by atoms with Crippen LogP contribution >= 0.6 is 27.5 Å². The molecule has 0 aliphatic rings. The Hall–Kier alpha value is -0.210. The van der Waals surface area contributed by atoms with Gasteiger partial charge in [0.15, 0.2) is 0 Å². The monoisotopic (exact) mass is 261 g/mol. The van der Waals surface area contributed by atoms with Gasteiger partial charge in [0, 0.05) is 22.6 Å². The Labute approximate surface area is 92.6 Å². The van der Waals surface area contributed by atoms with E-state index in [-0.39, 0.29) is 0 Å². The molecule has 0 unspecified atom stereocenters. The van der Waals surface area contributed by atoms with E-state index in [1.54, 1.807) is 0 Å². The Morgan fingerprint density at radius 2 is 2.23 bits per heavy atom. The second-order valence-electron chi connectivity index (χ2n) is 2.93. The van der Waals surface area contributed by atoms with Crippen molar-refractivity contribution in [3.63, 3.8) is 0 Å². The van der Waals surface area contributed by atoms with Crippen molar-refractivity contribution >= 4 is 33.2 Å². The largest absolute Gasteiger partial charge is 0.385 e. The van der Waals surface area contributed by atoms with Crippen molar-refractivity contribution in [2.75, 3.05) is 17.7 Å². The summed E-state index contributed by atoms with van der Waals surface area (Å²) in [7, 11) is 0. The molecule has 0 heterocycles. The van der Waals surface area contributed by atoms with Crippen LogP contribution in [0.25, 0.3) is 0 Å². The van der Waals surface area contributed by atoms with Crippen molar-refractivity contribution in [2.45, 2.75) is 13.3 Å². The SMILES string of the molecule is Cc1cc(Br)ccc1NCCCCl. The number of anilines is 1. The van der Waals surface area contributed by atoms with Gasteiger partial charge in [-0.2, -0.15) is 0 Å². The quantitative estimate of drug-likeness (QED) is 0.643. The third-order valence-electron chi connectivity index (χ3n) is 1.81. The summed E-state index contributed by atoms with van der Waals surface area (Å²) >= 11 is 9.01. The highest BCUT2D eigenvalue weighted by Gasteiger charge is 1.96. The van der Waals surface area contributed by atoms with Gasteiger partial charge in [0.1, 0.15) is 0 Å². The average molecular weight is 263 g/mol. The minimum absolute atomic E-state index is 0.711. The average Bonchev–Trinajstić information content (AvgIpc) is 2.09. The molecule has 1 aromatic carbocycles. The van der Waals surface area contributed by atoms with Crippen LogP contribution in [0.5, 0.6) is 0 Å². The molecular weight excluding hydrogens is 249 g/mol. The van der Waals surface area contributed by atoms with E-state index in [0.717, 1.165) is 17.4 Å². The molecule has 0 atom stereocenters. The third kappa shape index (κ3) is 3.57. The fourth-order valence-corrected chi connectivity index (χ4v) is 1.72. The lowest BCUT2D eigenvalue weighted by atomic mass is 10.2. The molecule has 13 heavy (non-hydrogen) atoms. The van der Waals surface area contributed by atoms with Gasteiger partial charge in [0.05, 0.1) is 0 Å². The van der Waals surface area contributed by atoms with Gasteiger partial charge in [-0.15, -0.1) is 11.6 Å². The van der Waals surface area contributed by atoms with Crippen molar-refractivity contribution in [3.05, 3.63) is 28.2 Å². The molecule has 1 N–H and O–H groups in total. The summed E-state index contributed by atoms with van der Waals surface area (Å²) < 4.78 is 1.12. The maximum absolute atomic E-state index is 5.59. The Bertz CT molecular complexity index is 276. The van der Waals surface area contributed by atoms with Crippen LogP contribution in [0.4, 0.5) is 5.69 Å². The molecule has 0 saturated carbocycles. The van der Waals surface area contributed by atoms with Crippen LogP contribution in [0.1, 0.15) is 12.0 Å². The summed E-state index contributed by atoms with van der Waals surface area (Å²) in [6.45, 7) is 3.03. The summed E-state index contributed by atoms with van der Waals surface area (Å²) in [5.74, 6) is 0.711. The lowest BCUT2D eigenvalue weighted by Gasteiger charge is -2.08. The van der Waals surface area contributed by atoms with Gasteiger partial charge in [-0.25, -0.2) is 0 Å². The van der Waals surface area contributed by atoms with Crippen LogP contribution in [0.2, 0.25) is 0 Å². The topological polar surface area (TPSA) is 12.0 Å². The highest BCUT2D eigenvalue weighted by atomic mass is 79.9. The molecule has 0 saturated heterocycles. The number of rotatable bonds is 4. The predicted octanol–water partition coefficient (Wildman–Crippen LogP) is 3.80. The predicted molar refractivity (Wildman–Crippen MR) is 62.7 cm³/mol. The fourth-order valence-electron chi connectivity index (χ4n) is 1.12. The molecule has 0 fully saturated rings. The summed E-state index contributed by atoms with van der Waals surface area (Å²) in [6.07, 6.45) is 0.997. The molecular formula is C10H13BrClN. The first kappa shape index (κ1) is 10.9. The van der Waals surface area contributed by atoms with E-state index in [1.165, 1.54) is 11.3 Å². The molecule has 1 rings (SSSR count). The Balaban J connectivity index is 2.56. The van der Waals surface area contributed by atoms with Gasteiger partial charge in [0.2, 0.25) is 0 Å². The Kier molecular flexibility index (Phi) is 4.60. The van der Waals surface area contributed by atoms with Crippen molar-refractivity contribution in [1.29, 1.82) is 0 Å². The maximum Gasteiger partial charge on any atom is 0.0370 e. The van der Waals surface area contributed by atoms with Crippen LogP contribution in [0, 0.1) is 6.92 Å². The molecule has 0 radical (unpaired) electrons. The molecule has 0 aromatic heterocycles. The zero-order valence-electron chi connectivity index (χ0n) is 7.61. The number of aryl methyl sites for hydroxylation is 1. The number of nitrogens with one attached hydrogen (secondary N) is 1. The minimum atomic E-state index is 0.711. The van der Waals surface area contributed by atoms with Crippen LogP contribution in [0.3, 0.4) is 0 Å². The molecule has 0 spiro atoms. The molecule has 0 bridgehead atoms. The molecule has 1 aromatic rings. The van der Waals surface area contributed by atoms with Gasteiger partial charge in [-0.3, -0.25) is 0 Å². The van der Waals surface area contributed by atoms with Crippen molar-refractivity contribution < 1.29 is 0 Å². The highest BCUT2D eigenvalue weighted by Crippen LogP contribution is 2.19. The van der Waals surface area contributed by atoms with E-state index in [0.29, 0.717) is 5.88 Å². The van der Waals surface area contributed by atoms with Crippen molar-refractivity contribution in [3.8, 4) is 0 Å². The van der Waals surface area contributed by atoms with Gasteiger partial charge in [-0.05, 0) is 37.1 Å². The van der Waals surface area contributed by atoms with E-state index in [1.807, 2.05) is 6.07 Å². The summed E-state index contributed by atoms with van der Waals surface area (Å²) in [5, 5.41) is 3.34. The fraction of sp³-hybridized carbons (Fsp3) is 0.400. The molecule has 0 aliphatic carbocycles. The Morgan fingerprint density at radius 1 is 1.46 bits per heavy atom. The van der Waals surface area contributed by atoms with E-state index in [9.17, 15) is 0 Å². The second-order valence-corrected chi connectivity index (χ2v) is 4.22. The lowest BCUT2D eigenvalue weighted by molar-refractivity contribution is 0.984. The molecule has 72 valence electrons. The standard InChI is InChI=1S/C10H13BrClN/c1-8-7-9(11)3-4-10(8)13-6-2-5-12/h3-4,7,13H,2,5-6H2,1H3. The molecule has 0 aliphatic heterocycles. The zero-order chi connectivity index (χ0) is 9.68. The molecule has 1 nitrogen and oxygen atoms in total. The van der Waals surface area contributed by atoms with Gasteiger partial charge >= 0.3 is 0 Å². The van der Waals surface area contributed by atoms with Crippen LogP contribution in [0.15, 0.2) is 22.7 Å². The van der Waals surface area contributed by atoms with E-state index >= 15 is 0 Å². The normalized spacial score (nSPS) is 10.1. The van der Waals surface area contributed by atoms with Gasteiger partial charge in [-0.1, -0.05) is 15.9 Å². The summed E-state index contributed by atoms with van der Waals surface area (Å²) in [4.78, 5) is 0. The van der Waals surface area contributed by atoms with Gasteiger partial charge in [0.25, 0.3) is 0 Å². The minimum Gasteiger partial charge on any atom is -0.385 e. The first-order chi connectivity index (χ1) is 6.24. The zero-order valence-corrected chi connectivity index (χ0v) is 9.95. The number of benzene rings is 1. The highest BCUT2D eigenvalue weighted by molar-refractivity contribution is 9.10. The first-order valence-electron chi connectivity index (χ1n) is 4.30. The number of halogens is 2. The first-order valence-corrected chi connectivity index (χ1v) is 5.63. The van der Waals surface area contributed by atoms with Gasteiger partial charge < -0.3 is 5.32 Å². The maximum atomic E-state index is 5.59. The summed E-state index contributed by atoms with van der Waals surface area (Å²) in [6, 6.07) is 6.21. The van der Waals surface area contributed by atoms with E-state index in [2.05, 4.69) is 40.3 Å². The van der Waals surface area contributed by atoms with Crippen LogP contribution in [-0.2, 0) is 0 Å². The lowest BCUT2D eigenvalue weighted by Crippen LogP contribution is -2.03. The van der Waals surface area contributed by atoms with Crippen LogP contribution < -0.4 is 5.32 Å². The number of hydrogen-bond acceptors (Lipinski definition) is 1. The third-order valence-corrected chi connectivity index (χ3v) is 2.57. The van der Waals surface area contributed by atoms with E-state index < -0.39 is 0 Å². The number of alkyl halides is 1. The smallest absolute Gasteiger partial charge is 0.0370 e. The second kappa shape index (κ2) is 5.51. The molecule has 0 amide bonds. The van der Waals surface area contributed by atoms with Crippen molar-refractivity contribution in [1.82, 2.24) is 0 Å². The summed E-state index contributed by atoms with van der Waals surface area (Å²) in [5.41, 5.74) is 2.44. The molecule has 3 heteroatoms. The number of hydrogen-bond donors (Lipinski definition) is 1. The Morgan fingerprint density at radius 3 is 2.85 bits per heavy atom. The van der Waals surface area contributed by atoms with Crippen LogP contribution in [-0.4, -0.2) is 12.4 Å². The van der Waals surface area contributed by atoms with E-state index in [4.69, 9.17) is 11.6 Å².